The van der Waals surface area contributed by atoms with Crippen LogP contribution in [0.4, 0.5) is 23.3 Å². The lowest BCUT2D eigenvalue weighted by atomic mass is 10.5. The Morgan fingerprint density at radius 1 is 1.57 bits per heavy atom. The number of nitrogens with zero attached hydrogens (tertiary/aromatic N) is 2. The number of hydrogen-bond acceptors (Lipinski definition) is 4. The minimum atomic E-state index is -4.21. The third-order valence-electron chi connectivity index (χ3n) is 1.53. The quantitative estimate of drug-likeness (QED) is 0.856. The topological polar surface area (TPSA) is 42.2 Å². The Morgan fingerprint density at radius 2 is 2.21 bits per heavy atom. The number of thiazole rings is 1. The Labute approximate surface area is 83.3 Å². The van der Waals surface area contributed by atoms with Crippen LogP contribution in [0.2, 0.25) is 0 Å². The normalized spacial score (nSPS) is 11.7. The summed E-state index contributed by atoms with van der Waals surface area (Å²) in [6.07, 6.45) is -2.85. The second-order valence-corrected chi connectivity index (χ2v) is 3.72. The fourth-order valence-electron chi connectivity index (χ4n) is 0.954. The molecule has 3 nitrogen and oxygen atoms in total. The highest BCUT2D eigenvalue weighted by molar-refractivity contribution is 7.19. The predicted molar refractivity (Wildman–Crippen MR) is 50.5 cm³/mol. The van der Waals surface area contributed by atoms with Crippen LogP contribution < -0.4 is 10.6 Å². The maximum absolute atomic E-state index is 12.1. The number of halogens is 3. The van der Waals surface area contributed by atoms with Gasteiger partial charge in [-0.05, 0) is 6.92 Å². The van der Waals surface area contributed by atoms with E-state index in [9.17, 15) is 13.2 Å². The largest absolute Gasteiger partial charge is 0.406 e. The van der Waals surface area contributed by atoms with Crippen molar-refractivity contribution in [2.45, 2.75) is 13.1 Å². The number of alkyl halides is 3. The standard InChI is InChI=1S/C7H10F3N3S/c1-2-13(4-7(8,9)10)6-12-3-5(11)14-6/h3H,2,4,11H2,1H3. The Balaban J connectivity index is 2.72. The van der Waals surface area contributed by atoms with Crippen molar-refractivity contribution in [1.82, 2.24) is 4.98 Å². The van der Waals surface area contributed by atoms with Gasteiger partial charge >= 0.3 is 6.18 Å². The molecule has 0 unspecified atom stereocenters. The van der Waals surface area contributed by atoms with Gasteiger partial charge in [0.05, 0.1) is 6.20 Å². The summed E-state index contributed by atoms with van der Waals surface area (Å²) in [6, 6.07) is 0. The summed E-state index contributed by atoms with van der Waals surface area (Å²) in [5.41, 5.74) is 5.38. The molecule has 0 radical (unpaired) electrons. The third kappa shape index (κ3) is 3.06. The van der Waals surface area contributed by atoms with E-state index in [4.69, 9.17) is 5.73 Å². The Kier molecular flexibility index (Phi) is 3.20. The van der Waals surface area contributed by atoms with Gasteiger partial charge in [-0.3, -0.25) is 0 Å². The van der Waals surface area contributed by atoms with Crippen LogP contribution in [0.1, 0.15) is 6.92 Å². The Bertz CT molecular complexity index is 297. The summed E-state index contributed by atoms with van der Waals surface area (Å²) in [5.74, 6) is 0. The molecule has 0 aromatic carbocycles. The SMILES string of the molecule is CCN(CC(F)(F)F)c1ncc(N)s1. The molecule has 1 aromatic heterocycles. The van der Waals surface area contributed by atoms with Gasteiger partial charge in [0.1, 0.15) is 11.5 Å². The number of anilines is 2. The van der Waals surface area contributed by atoms with Crippen LogP contribution in [0, 0.1) is 0 Å². The van der Waals surface area contributed by atoms with Crippen LogP contribution in [-0.2, 0) is 0 Å². The lowest BCUT2D eigenvalue weighted by molar-refractivity contribution is -0.119. The highest BCUT2D eigenvalue weighted by atomic mass is 32.1. The Hall–Kier alpha value is -0.980. The molecule has 80 valence electrons. The zero-order valence-corrected chi connectivity index (χ0v) is 8.32. The molecule has 0 bridgehead atoms. The maximum Gasteiger partial charge on any atom is 0.406 e. The smallest absolute Gasteiger partial charge is 0.389 e. The van der Waals surface area contributed by atoms with E-state index in [1.54, 1.807) is 6.92 Å². The molecule has 7 heteroatoms. The number of aromatic nitrogens is 1. The first-order valence-electron chi connectivity index (χ1n) is 3.95. The van der Waals surface area contributed by atoms with Crippen molar-refractivity contribution in [3.63, 3.8) is 0 Å². The van der Waals surface area contributed by atoms with Crippen LogP contribution in [0.15, 0.2) is 6.20 Å². The minimum Gasteiger partial charge on any atom is -0.389 e. The van der Waals surface area contributed by atoms with Crippen LogP contribution in [0.3, 0.4) is 0 Å². The highest BCUT2D eigenvalue weighted by Gasteiger charge is 2.31. The minimum absolute atomic E-state index is 0.256. The first-order chi connectivity index (χ1) is 6.42. The predicted octanol–water partition coefficient (Wildman–Crippen LogP) is 2.11. The first kappa shape index (κ1) is 11.1. The van der Waals surface area contributed by atoms with E-state index in [1.165, 1.54) is 6.20 Å². The Morgan fingerprint density at radius 3 is 2.57 bits per heavy atom. The average Bonchev–Trinajstić information content (AvgIpc) is 2.46. The van der Waals surface area contributed by atoms with Gasteiger partial charge in [0.15, 0.2) is 5.13 Å². The van der Waals surface area contributed by atoms with Gasteiger partial charge in [-0.25, -0.2) is 4.98 Å². The molecule has 0 fully saturated rings. The monoisotopic (exact) mass is 225 g/mol. The second kappa shape index (κ2) is 4.04. The molecule has 0 aliphatic carbocycles. The molecular weight excluding hydrogens is 215 g/mol. The van der Waals surface area contributed by atoms with Crippen molar-refractivity contribution in [3.8, 4) is 0 Å². The summed E-state index contributed by atoms with van der Waals surface area (Å²) < 4.78 is 36.3. The van der Waals surface area contributed by atoms with Crippen molar-refractivity contribution in [2.75, 3.05) is 23.7 Å². The summed E-state index contributed by atoms with van der Waals surface area (Å²) >= 11 is 1.05. The molecule has 2 N–H and O–H groups in total. The maximum atomic E-state index is 12.1. The molecule has 0 saturated heterocycles. The molecule has 0 atom stereocenters. The molecule has 0 amide bonds. The molecule has 0 saturated carbocycles. The van der Waals surface area contributed by atoms with E-state index >= 15 is 0 Å². The van der Waals surface area contributed by atoms with Crippen molar-refractivity contribution < 1.29 is 13.2 Å². The lowest BCUT2D eigenvalue weighted by Crippen LogP contribution is -2.33. The molecule has 1 aromatic rings. The first-order valence-corrected chi connectivity index (χ1v) is 4.77. The van der Waals surface area contributed by atoms with Crippen molar-refractivity contribution in [2.24, 2.45) is 0 Å². The average molecular weight is 225 g/mol. The second-order valence-electron chi connectivity index (χ2n) is 2.67. The van der Waals surface area contributed by atoms with Gasteiger partial charge in [-0.2, -0.15) is 13.2 Å². The van der Waals surface area contributed by atoms with Crippen molar-refractivity contribution in [1.29, 1.82) is 0 Å². The third-order valence-corrected chi connectivity index (χ3v) is 2.42. The van der Waals surface area contributed by atoms with E-state index in [0.29, 0.717) is 10.1 Å². The van der Waals surface area contributed by atoms with Gasteiger partial charge < -0.3 is 10.6 Å². The molecular formula is C7H10F3N3S. The van der Waals surface area contributed by atoms with E-state index in [0.717, 1.165) is 16.2 Å². The van der Waals surface area contributed by atoms with Crippen LogP contribution in [0.25, 0.3) is 0 Å². The number of rotatable bonds is 3. The lowest BCUT2D eigenvalue weighted by Gasteiger charge is -2.20. The molecule has 0 aliphatic heterocycles. The molecule has 0 spiro atoms. The van der Waals surface area contributed by atoms with Gasteiger partial charge in [0, 0.05) is 6.54 Å². The van der Waals surface area contributed by atoms with Crippen LogP contribution in [0.5, 0.6) is 0 Å². The molecule has 0 aliphatic rings. The molecule has 1 heterocycles. The number of nitrogen functional groups attached to an aromatic ring is 1. The van der Waals surface area contributed by atoms with Crippen LogP contribution >= 0.6 is 11.3 Å². The van der Waals surface area contributed by atoms with Gasteiger partial charge in [-0.1, -0.05) is 11.3 Å². The van der Waals surface area contributed by atoms with Gasteiger partial charge in [0.2, 0.25) is 0 Å². The molecule has 1 rings (SSSR count). The number of nitrogens with two attached hydrogens (primary N) is 1. The van der Waals surface area contributed by atoms with Gasteiger partial charge in [0.25, 0.3) is 0 Å². The van der Waals surface area contributed by atoms with E-state index in [1.807, 2.05) is 0 Å². The fourth-order valence-corrected chi connectivity index (χ4v) is 1.70. The van der Waals surface area contributed by atoms with Crippen molar-refractivity contribution in [3.05, 3.63) is 6.20 Å². The summed E-state index contributed by atoms with van der Waals surface area (Å²) in [4.78, 5) is 4.93. The van der Waals surface area contributed by atoms with Crippen LogP contribution in [-0.4, -0.2) is 24.2 Å². The zero-order valence-electron chi connectivity index (χ0n) is 7.51. The van der Waals surface area contributed by atoms with E-state index < -0.39 is 12.7 Å². The summed E-state index contributed by atoms with van der Waals surface area (Å²) in [7, 11) is 0. The summed E-state index contributed by atoms with van der Waals surface area (Å²) in [5, 5.41) is 0.725. The number of hydrogen-bond donors (Lipinski definition) is 1. The van der Waals surface area contributed by atoms with E-state index in [-0.39, 0.29) is 6.54 Å². The fraction of sp³-hybridized carbons (Fsp3) is 0.571. The highest BCUT2D eigenvalue weighted by Crippen LogP contribution is 2.27. The zero-order chi connectivity index (χ0) is 10.8. The molecule has 14 heavy (non-hydrogen) atoms. The van der Waals surface area contributed by atoms with Crippen molar-refractivity contribution >= 4 is 21.5 Å². The van der Waals surface area contributed by atoms with E-state index in [2.05, 4.69) is 4.98 Å². The summed E-state index contributed by atoms with van der Waals surface area (Å²) in [6.45, 7) is 0.909. The van der Waals surface area contributed by atoms with Gasteiger partial charge in [-0.15, -0.1) is 0 Å².